The largest absolute Gasteiger partial charge is 0.466 e. The Balaban J connectivity index is 0. The molecule has 0 rings (SSSR count). The molecule has 5 heteroatoms. The highest BCUT2D eigenvalue weighted by Crippen LogP contribution is 1.49. The molecule has 0 amide bonds. The normalized spacial score (nSPS) is 9.00. The molecule has 0 saturated carbocycles. The van der Waals surface area contributed by atoms with E-state index < -0.39 is 9.76 Å². The fourth-order valence-electron chi connectivity index (χ4n) is 0.0913. The summed E-state index contributed by atoms with van der Waals surface area (Å²) in [5.74, 6) is 0. The lowest BCUT2D eigenvalue weighted by atomic mass is 11.7. The Labute approximate surface area is 48.8 Å². The molecule has 0 saturated heterocycles. The summed E-state index contributed by atoms with van der Waals surface area (Å²) < 4.78 is 4.72. The van der Waals surface area contributed by atoms with E-state index in [0.717, 1.165) is 17.6 Å². The Hall–Kier alpha value is 0.314. The maximum absolute atomic E-state index is 8.03. The molecular weight excluding hydrogens is 128 g/mol. The van der Waals surface area contributed by atoms with Crippen molar-refractivity contribution in [3.63, 3.8) is 0 Å². The van der Waals surface area contributed by atoms with Crippen molar-refractivity contribution in [2.75, 3.05) is 13.3 Å². The Morgan fingerprint density at radius 2 is 2.14 bits per heavy atom. The Bertz CT molecular complexity index is 18.4. The van der Waals surface area contributed by atoms with Crippen molar-refractivity contribution in [3.8, 4) is 0 Å². The van der Waals surface area contributed by atoms with E-state index in [9.17, 15) is 0 Å². The molecule has 0 spiro atoms. The lowest BCUT2D eigenvalue weighted by Gasteiger charge is -1.83. The second-order valence-electron chi connectivity index (χ2n) is 0.716. The third-order valence-corrected chi connectivity index (χ3v) is 2.11. The fourth-order valence-corrected chi connectivity index (χ4v) is 0.822. The van der Waals surface area contributed by atoms with Crippen LogP contribution in [0.2, 0.25) is 0 Å². The monoisotopic (exact) mass is 140 g/mol. The highest BCUT2D eigenvalue weighted by atomic mass is 28.3. The number of hydrogen-bond acceptors (Lipinski definition) is 3. The van der Waals surface area contributed by atoms with E-state index in [-0.39, 0.29) is 0 Å². The summed E-state index contributed by atoms with van der Waals surface area (Å²) in [5, 5.41) is 15.0. The Morgan fingerprint density at radius 3 is 2.14 bits per heavy atom. The first-order chi connectivity index (χ1) is 3.41. The molecule has 0 fully saturated rings. The van der Waals surface area contributed by atoms with Gasteiger partial charge in [0, 0.05) is 7.11 Å². The molecule has 0 atom stereocenters. The zero-order valence-corrected chi connectivity index (χ0v) is 8.13. The number of rotatable bonds is 2. The molecule has 0 aliphatic rings. The molecule has 3 nitrogen and oxygen atoms in total. The summed E-state index contributed by atoms with van der Waals surface area (Å²) in [4.78, 5) is 0. The Morgan fingerprint density at radius 1 is 1.71 bits per heavy atom. The molecule has 0 unspecified atom stereocenters. The van der Waals surface area contributed by atoms with E-state index in [0.29, 0.717) is 6.23 Å². The summed E-state index contributed by atoms with van der Waals surface area (Å²) >= 11 is 0. The molecule has 46 valence electrons. The van der Waals surface area contributed by atoms with Crippen LogP contribution >= 0.6 is 0 Å². The molecule has 0 aromatic carbocycles. The van der Waals surface area contributed by atoms with E-state index in [2.05, 4.69) is 0 Å². The van der Waals surface area contributed by atoms with Crippen molar-refractivity contribution >= 4 is 20.2 Å². The minimum atomic E-state index is -0.451. The number of aliphatic hydroxyl groups is 2. The molecule has 0 aliphatic carbocycles. The van der Waals surface area contributed by atoms with Gasteiger partial charge in [0.2, 0.25) is 0 Å². The highest BCUT2D eigenvalue weighted by Gasteiger charge is 1.69. The first-order valence-corrected chi connectivity index (χ1v) is 4.35. The second-order valence-corrected chi connectivity index (χ2v) is 3.88. The second kappa shape index (κ2) is 16.2. The molecule has 7 heavy (non-hydrogen) atoms. The molecule has 0 heterocycles. The van der Waals surface area contributed by atoms with Crippen LogP contribution < -0.4 is 0 Å². The summed E-state index contributed by atoms with van der Waals surface area (Å²) in [6.07, 6.45) is 0.295. The van der Waals surface area contributed by atoms with E-state index >= 15 is 0 Å². The van der Waals surface area contributed by atoms with Crippen molar-refractivity contribution in [3.05, 3.63) is 0 Å². The van der Waals surface area contributed by atoms with Gasteiger partial charge >= 0.3 is 0 Å². The summed E-state index contributed by atoms with van der Waals surface area (Å²) in [6, 6.07) is 0. The Kier molecular flexibility index (Phi) is 23.9. The zero-order chi connectivity index (χ0) is 6.12. The quantitative estimate of drug-likeness (QED) is 0.400. The van der Waals surface area contributed by atoms with Crippen LogP contribution in [0.15, 0.2) is 0 Å². The summed E-state index contributed by atoms with van der Waals surface area (Å²) in [6.45, 7) is 0. The molecule has 0 aliphatic heterocycles. The number of hydrogen-bond donors (Lipinski definition) is 2. The third-order valence-electron chi connectivity index (χ3n) is 0.295. The first-order valence-electron chi connectivity index (χ1n) is 1.96. The fraction of sp³-hybridized carbons (Fsp3) is 1.00. The van der Waals surface area contributed by atoms with Gasteiger partial charge < -0.3 is 14.3 Å². The van der Waals surface area contributed by atoms with Gasteiger partial charge in [0.05, 0.1) is 6.23 Å². The van der Waals surface area contributed by atoms with E-state index in [1.54, 1.807) is 0 Å². The van der Waals surface area contributed by atoms with Crippen molar-refractivity contribution in [1.29, 1.82) is 0 Å². The molecule has 0 radical (unpaired) electrons. The number of aliphatic hydroxyl groups excluding tert-OH is 2. The van der Waals surface area contributed by atoms with Gasteiger partial charge in [-0.1, -0.05) is 0 Å². The lowest BCUT2D eigenvalue weighted by molar-refractivity contribution is 0.352. The van der Waals surface area contributed by atoms with Gasteiger partial charge in [0.25, 0.3) is 0 Å². The standard InChI is InChI=1S/CH8O2Si2.CH4O/c2-1-5-3-4;1-2/h2H,1,5H2,4H3;2H,1H3. The van der Waals surface area contributed by atoms with Gasteiger partial charge in [-0.2, -0.15) is 0 Å². The molecule has 0 aromatic heterocycles. The van der Waals surface area contributed by atoms with Crippen LogP contribution in [0.5, 0.6) is 0 Å². The third kappa shape index (κ3) is 21.9. The van der Waals surface area contributed by atoms with Gasteiger partial charge in [-0.05, 0) is 0 Å². The maximum atomic E-state index is 8.03. The van der Waals surface area contributed by atoms with Gasteiger partial charge in [-0.15, -0.1) is 0 Å². The van der Waals surface area contributed by atoms with Crippen molar-refractivity contribution in [1.82, 2.24) is 0 Å². The topological polar surface area (TPSA) is 49.7 Å². The van der Waals surface area contributed by atoms with Crippen LogP contribution in [-0.4, -0.2) is 43.8 Å². The van der Waals surface area contributed by atoms with Crippen LogP contribution in [-0.2, 0) is 4.12 Å². The average molecular weight is 140 g/mol. The van der Waals surface area contributed by atoms with E-state index in [1.165, 1.54) is 0 Å². The van der Waals surface area contributed by atoms with Crippen LogP contribution in [0.3, 0.4) is 0 Å². The van der Waals surface area contributed by atoms with Crippen LogP contribution in [0.1, 0.15) is 0 Å². The SMILES string of the molecule is CO.OC[SiH2]O[SiH3]. The highest BCUT2D eigenvalue weighted by molar-refractivity contribution is 6.33. The van der Waals surface area contributed by atoms with Gasteiger partial charge in [-0.3, -0.25) is 0 Å². The zero-order valence-electron chi connectivity index (χ0n) is 4.72. The molecule has 2 N–H and O–H groups in total. The van der Waals surface area contributed by atoms with Crippen molar-refractivity contribution < 1.29 is 14.3 Å². The van der Waals surface area contributed by atoms with Gasteiger partial charge in [0.1, 0.15) is 10.5 Å². The van der Waals surface area contributed by atoms with Gasteiger partial charge in [-0.25, -0.2) is 0 Å². The minimum absolute atomic E-state index is 0.295. The molecule has 0 aromatic rings. The van der Waals surface area contributed by atoms with Crippen molar-refractivity contribution in [2.24, 2.45) is 0 Å². The van der Waals surface area contributed by atoms with Gasteiger partial charge in [0.15, 0.2) is 9.76 Å². The minimum Gasteiger partial charge on any atom is -0.466 e. The average Bonchev–Trinajstić information content (AvgIpc) is 1.75. The first kappa shape index (κ1) is 10.3. The van der Waals surface area contributed by atoms with Crippen LogP contribution in [0.25, 0.3) is 0 Å². The maximum Gasteiger partial charge on any atom is 0.171 e. The van der Waals surface area contributed by atoms with Crippen molar-refractivity contribution in [2.45, 2.75) is 0 Å². The molecule has 0 bridgehead atoms. The van der Waals surface area contributed by atoms with E-state index in [4.69, 9.17) is 14.3 Å². The van der Waals surface area contributed by atoms with E-state index in [1.807, 2.05) is 0 Å². The molecular formula is C2H12O3Si2. The smallest absolute Gasteiger partial charge is 0.171 e. The van der Waals surface area contributed by atoms with Crippen LogP contribution in [0, 0.1) is 0 Å². The van der Waals surface area contributed by atoms with Crippen LogP contribution in [0.4, 0.5) is 0 Å². The predicted molar refractivity (Wildman–Crippen MR) is 34.8 cm³/mol. The predicted octanol–water partition coefficient (Wildman–Crippen LogP) is -3.07. The lowest BCUT2D eigenvalue weighted by Crippen LogP contribution is -1.99. The summed E-state index contributed by atoms with van der Waals surface area (Å²) in [5.41, 5.74) is 0. The summed E-state index contributed by atoms with van der Waals surface area (Å²) in [7, 11) is 1.35.